The zero-order chi connectivity index (χ0) is 49.7. The third-order valence-corrected chi connectivity index (χ3v) is 12.8. The molecule has 1 saturated carbocycles. The summed E-state index contributed by atoms with van der Waals surface area (Å²) in [6.45, 7) is 1.74. The summed E-state index contributed by atoms with van der Waals surface area (Å²) in [5.74, 6) is -1.44. The van der Waals surface area contributed by atoms with Crippen molar-refractivity contribution < 1.29 is 77.4 Å². The molecular weight excluding hydrogens is 913 g/mol. The van der Waals surface area contributed by atoms with Crippen molar-refractivity contribution in [1.82, 2.24) is 15.6 Å². The predicted molar refractivity (Wildman–Crippen MR) is 246 cm³/mol. The molecule has 0 bridgehead atoms. The SMILES string of the molecule is CCCCCCCCCCCCCCCCCC(=O)O[C@H](COC(=O)CCCCCNC(=O)CCCCCNc1ccc([N+](=O)[O-])c2nonc12)COP(=O)([O-])OC1[C@@H](O)[C@H](O)C(O)[C@H](O)[C@@H]1O. The van der Waals surface area contributed by atoms with Gasteiger partial charge in [0.1, 0.15) is 43.2 Å². The zero-order valence-corrected chi connectivity index (χ0v) is 40.3. The van der Waals surface area contributed by atoms with Crippen LogP contribution in [0.2, 0.25) is 0 Å². The van der Waals surface area contributed by atoms with E-state index < -0.39 is 80.6 Å². The van der Waals surface area contributed by atoms with Gasteiger partial charge < -0.3 is 59.6 Å². The standard InChI is InChI=1S/C45H76N5O17P/c1-2-3-4-5-6-7-8-9-10-11-12-13-14-15-19-25-37(53)65-32(31-64-68(61,62)66-45-43(57)41(55)40(54)42(56)44(45)58)30-63-36(52)24-20-17-22-29-47-35(51)23-18-16-21-28-46-33-26-27-34(50(59)60)39-38(33)48-67-49-39/h26-27,32,40-46,54-58H,2-25,28-31H2,1H3,(H,47,51)(H,61,62)/p-1/t32-,40?,41-,42+,43+,44+,45?/m1/s1. The average molecular weight is 989 g/mol. The normalized spacial score (nSPS) is 20.7. The van der Waals surface area contributed by atoms with Crippen molar-refractivity contribution >= 4 is 48.1 Å². The molecule has 0 radical (unpaired) electrons. The van der Waals surface area contributed by atoms with Crippen LogP contribution in [-0.2, 0) is 37.5 Å². The number of phosphoric acid groups is 1. The van der Waals surface area contributed by atoms with E-state index in [4.69, 9.17) is 18.5 Å². The predicted octanol–water partition coefficient (Wildman–Crippen LogP) is 5.18. The van der Waals surface area contributed by atoms with E-state index in [-0.39, 0.29) is 35.5 Å². The summed E-state index contributed by atoms with van der Waals surface area (Å²) in [7, 11) is -5.43. The summed E-state index contributed by atoms with van der Waals surface area (Å²) < 4.78 is 37.7. The van der Waals surface area contributed by atoms with Gasteiger partial charge in [0.2, 0.25) is 11.4 Å². The molecule has 2 aromatic rings. The summed E-state index contributed by atoms with van der Waals surface area (Å²) in [5.41, 5.74) is 0.684. The number of ether oxygens (including phenoxy) is 2. The van der Waals surface area contributed by atoms with Crippen molar-refractivity contribution in [3.63, 3.8) is 0 Å². The second-order valence-electron chi connectivity index (χ2n) is 17.5. The number of unbranched alkanes of at least 4 members (excludes halogenated alkanes) is 18. The molecule has 1 fully saturated rings. The fourth-order valence-corrected chi connectivity index (χ4v) is 8.73. The van der Waals surface area contributed by atoms with E-state index in [1.807, 2.05) is 0 Å². The van der Waals surface area contributed by atoms with Crippen molar-refractivity contribution in [3.05, 3.63) is 22.2 Å². The summed E-state index contributed by atoms with van der Waals surface area (Å²) in [5, 5.41) is 74.6. The molecule has 1 heterocycles. The number of benzene rings is 1. The maximum Gasteiger partial charge on any atom is 0.306 e. The summed E-state index contributed by atoms with van der Waals surface area (Å²) in [4.78, 5) is 61.0. The van der Waals surface area contributed by atoms with Gasteiger partial charge in [-0.05, 0) is 48.5 Å². The Morgan fingerprint density at radius 3 is 1.78 bits per heavy atom. The zero-order valence-electron chi connectivity index (χ0n) is 39.4. The number of esters is 2. The van der Waals surface area contributed by atoms with Gasteiger partial charge in [-0.1, -0.05) is 110 Å². The highest BCUT2D eigenvalue weighted by Crippen LogP contribution is 2.43. The molecule has 0 aliphatic heterocycles. The molecule has 22 nitrogen and oxygen atoms in total. The van der Waals surface area contributed by atoms with Crippen LogP contribution in [0.25, 0.3) is 11.0 Å². The van der Waals surface area contributed by atoms with Crippen LogP contribution in [-0.4, -0.2) is 128 Å². The highest BCUT2D eigenvalue weighted by Gasteiger charge is 2.50. The van der Waals surface area contributed by atoms with Crippen LogP contribution in [0.1, 0.15) is 161 Å². The number of nitro groups is 1. The van der Waals surface area contributed by atoms with Crippen molar-refractivity contribution in [2.24, 2.45) is 0 Å². The summed E-state index contributed by atoms with van der Waals surface area (Å²) in [6, 6.07) is 2.87. The number of fused-ring (bicyclic) bond motifs is 1. The van der Waals surface area contributed by atoms with Crippen LogP contribution < -0.4 is 15.5 Å². The molecular formula is C45H75N5O17P-. The number of aromatic nitrogens is 2. The van der Waals surface area contributed by atoms with Gasteiger partial charge in [-0.3, -0.25) is 29.1 Å². The molecule has 1 aromatic heterocycles. The Kier molecular flexibility index (Phi) is 28.2. The second-order valence-corrected chi connectivity index (χ2v) is 18.9. The Balaban J connectivity index is 1.32. The largest absolute Gasteiger partial charge is 0.756 e. The molecule has 1 aliphatic rings. The molecule has 8 atom stereocenters. The van der Waals surface area contributed by atoms with E-state index in [1.165, 1.54) is 70.3 Å². The van der Waals surface area contributed by atoms with Crippen LogP contribution in [0.3, 0.4) is 0 Å². The molecule has 1 amide bonds. The molecule has 388 valence electrons. The highest BCUT2D eigenvalue weighted by molar-refractivity contribution is 7.45. The number of hydrogen-bond acceptors (Lipinski definition) is 20. The topological polar surface area (TPSA) is 336 Å². The lowest BCUT2D eigenvalue weighted by atomic mass is 9.85. The Morgan fingerprint density at radius 1 is 0.691 bits per heavy atom. The molecule has 1 aliphatic carbocycles. The van der Waals surface area contributed by atoms with E-state index in [0.717, 1.165) is 38.5 Å². The summed E-state index contributed by atoms with van der Waals surface area (Å²) >= 11 is 0. The number of rotatable bonds is 38. The number of aliphatic hydroxyl groups excluding tert-OH is 5. The number of nitrogens with zero attached hydrogens (tertiary/aromatic N) is 3. The van der Waals surface area contributed by atoms with Crippen LogP contribution in [0.5, 0.6) is 0 Å². The Hall–Kier alpha value is -3.86. The number of non-ortho nitro benzene ring substituents is 1. The van der Waals surface area contributed by atoms with Gasteiger partial charge in [-0.25, -0.2) is 4.63 Å². The minimum atomic E-state index is -5.43. The number of amides is 1. The number of nitro benzene ring substituents is 1. The Morgan fingerprint density at radius 2 is 1.19 bits per heavy atom. The maximum atomic E-state index is 12.8. The first-order valence-electron chi connectivity index (χ1n) is 24.4. The minimum Gasteiger partial charge on any atom is -0.756 e. The Bertz CT molecular complexity index is 1810. The molecule has 3 unspecified atom stereocenters. The van der Waals surface area contributed by atoms with Crippen molar-refractivity contribution in [1.29, 1.82) is 0 Å². The van der Waals surface area contributed by atoms with E-state index in [1.54, 1.807) is 6.07 Å². The van der Waals surface area contributed by atoms with Crippen molar-refractivity contribution in [3.8, 4) is 0 Å². The lowest BCUT2D eigenvalue weighted by molar-refractivity contribution is -0.383. The fourth-order valence-electron chi connectivity index (χ4n) is 7.78. The maximum absolute atomic E-state index is 12.8. The summed E-state index contributed by atoms with van der Waals surface area (Å²) in [6.07, 6.45) is 7.46. The quantitative estimate of drug-likeness (QED) is 0.0150. The van der Waals surface area contributed by atoms with E-state index in [2.05, 4.69) is 32.5 Å². The van der Waals surface area contributed by atoms with E-state index in [0.29, 0.717) is 57.3 Å². The van der Waals surface area contributed by atoms with E-state index in [9.17, 15) is 59.5 Å². The number of carbonyl (C=O) groups excluding carboxylic acids is 3. The molecule has 0 spiro atoms. The highest BCUT2D eigenvalue weighted by atomic mass is 31.2. The number of hydrogen-bond donors (Lipinski definition) is 7. The molecule has 0 saturated heterocycles. The Labute approximate surface area is 397 Å². The third-order valence-electron chi connectivity index (χ3n) is 11.8. The number of phosphoric ester groups is 1. The van der Waals surface area contributed by atoms with Crippen LogP contribution in [0.4, 0.5) is 11.4 Å². The third kappa shape index (κ3) is 22.3. The van der Waals surface area contributed by atoms with Gasteiger partial charge >= 0.3 is 17.6 Å². The fraction of sp³-hybridized carbons (Fsp3) is 0.800. The first-order valence-corrected chi connectivity index (χ1v) is 25.9. The number of aliphatic hydroxyl groups is 5. The lowest BCUT2D eigenvalue weighted by Gasteiger charge is -2.43. The van der Waals surface area contributed by atoms with Crippen LogP contribution in [0.15, 0.2) is 16.8 Å². The van der Waals surface area contributed by atoms with Gasteiger partial charge in [0, 0.05) is 38.4 Å². The van der Waals surface area contributed by atoms with Crippen LogP contribution in [0, 0.1) is 10.1 Å². The van der Waals surface area contributed by atoms with E-state index >= 15 is 0 Å². The molecule has 23 heteroatoms. The first kappa shape index (κ1) is 58.5. The second kappa shape index (κ2) is 32.9. The van der Waals surface area contributed by atoms with Gasteiger partial charge in [-0.2, -0.15) is 0 Å². The first-order chi connectivity index (χ1) is 32.6. The molecule has 1 aromatic carbocycles. The van der Waals surface area contributed by atoms with Gasteiger partial charge in [-0.15, -0.1) is 0 Å². The molecule has 68 heavy (non-hydrogen) atoms. The smallest absolute Gasteiger partial charge is 0.306 e. The number of nitrogens with one attached hydrogen (secondary N) is 2. The number of anilines is 1. The molecule has 3 rings (SSSR count). The van der Waals surface area contributed by atoms with Gasteiger partial charge in [0.25, 0.3) is 7.82 Å². The number of carbonyl (C=O) groups is 3. The minimum absolute atomic E-state index is 0.0156. The lowest BCUT2D eigenvalue weighted by Crippen LogP contribution is -2.64. The van der Waals surface area contributed by atoms with Crippen LogP contribution >= 0.6 is 7.82 Å². The monoisotopic (exact) mass is 988 g/mol. The average Bonchev–Trinajstić information content (AvgIpc) is 3.81. The van der Waals surface area contributed by atoms with Gasteiger partial charge in [0.15, 0.2) is 11.6 Å². The van der Waals surface area contributed by atoms with Crippen molar-refractivity contribution in [2.45, 2.75) is 204 Å². The molecule has 7 N–H and O–H groups in total. The van der Waals surface area contributed by atoms with Crippen molar-refractivity contribution in [2.75, 3.05) is 31.6 Å². The van der Waals surface area contributed by atoms with Gasteiger partial charge in [0.05, 0.1) is 17.2 Å².